The van der Waals surface area contributed by atoms with E-state index in [0.29, 0.717) is 10.6 Å². The van der Waals surface area contributed by atoms with Crippen LogP contribution >= 0.6 is 11.6 Å². The average Bonchev–Trinajstić information content (AvgIpc) is 3.07. The van der Waals surface area contributed by atoms with E-state index in [0.717, 1.165) is 39.1 Å². The van der Waals surface area contributed by atoms with Gasteiger partial charge in [-0.25, -0.2) is 9.07 Å². The summed E-state index contributed by atoms with van der Waals surface area (Å²) in [4.78, 5) is 0. The minimum atomic E-state index is -0.221. The number of hydrogen-bond acceptors (Lipinski definition) is 2. The monoisotopic (exact) mass is 391 g/mol. The van der Waals surface area contributed by atoms with Gasteiger partial charge in [-0.05, 0) is 67.4 Å². The molecule has 140 valence electrons. The fraction of sp³-hybridized carbons (Fsp3) is 0.0870. The quantitative estimate of drug-likeness (QED) is 0.417. The van der Waals surface area contributed by atoms with Gasteiger partial charge in [0.2, 0.25) is 0 Å². The van der Waals surface area contributed by atoms with Gasteiger partial charge in [0.1, 0.15) is 5.82 Å². The molecule has 0 aliphatic carbocycles. The highest BCUT2D eigenvalue weighted by molar-refractivity contribution is 6.33. The van der Waals surface area contributed by atoms with E-state index in [1.165, 1.54) is 6.07 Å². The normalized spacial score (nSPS) is 11.0. The summed E-state index contributed by atoms with van der Waals surface area (Å²) in [5, 5.41) is 9.29. The Hall–Kier alpha value is -3.11. The lowest BCUT2D eigenvalue weighted by Crippen LogP contribution is -1.97. The zero-order chi connectivity index (χ0) is 19.8. The fourth-order valence-corrected chi connectivity index (χ4v) is 3.53. The number of halogens is 2. The van der Waals surface area contributed by atoms with Crippen LogP contribution in [0.4, 0.5) is 10.1 Å². The molecular weight excluding hydrogens is 373 g/mol. The molecule has 4 aromatic rings. The highest BCUT2D eigenvalue weighted by Crippen LogP contribution is 2.33. The maximum atomic E-state index is 13.6. The predicted octanol–water partition coefficient (Wildman–Crippen LogP) is 6.74. The fourth-order valence-electron chi connectivity index (χ4n) is 3.24. The number of aryl methyl sites for hydroxylation is 1. The molecule has 0 aliphatic rings. The Morgan fingerprint density at radius 3 is 2.64 bits per heavy atom. The van der Waals surface area contributed by atoms with Gasteiger partial charge in [-0.15, -0.1) is 0 Å². The zero-order valence-electron chi connectivity index (χ0n) is 15.6. The van der Waals surface area contributed by atoms with E-state index in [2.05, 4.69) is 23.1 Å². The van der Waals surface area contributed by atoms with E-state index in [-0.39, 0.29) is 5.82 Å². The van der Waals surface area contributed by atoms with Crippen LogP contribution in [0.1, 0.15) is 12.5 Å². The molecule has 28 heavy (non-hydrogen) atoms. The number of hydrogen-bond donors (Lipinski definition) is 1. The zero-order valence-corrected chi connectivity index (χ0v) is 16.4. The molecule has 3 aromatic carbocycles. The molecule has 1 N–H and O–H groups in total. The molecule has 5 heteroatoms. The van der Waals surface area contributed by atoms with Gasteiger partial charge in [0.15, 0.2) is 0 Å². The first-order chi connectivity index (χ1) is 13.4. The van der Waals surface area contributed by atoms with Crippen LogP contribution in [0, 0.1) is 12.7 Å². The second-order valence-electron chi connectivity index (χ2n) is 6.86. The van der Waals surface area contributed by atoms with Gasteiger partial charge >= 0.3 is 0 Å². The lowest BCUT2D eigenvalue weighted by atomic mass is 10.0. The molecule has 0 fully saturated rings. The van der Waals surface area contributed by atoms with Crippen molar-refractivity contribution >= 4 is 28.2 Å². The number of rotatable bonds is 4. The van der Waals surface area contributed by atoms with E-state index in [4.69, 9.17) is 11.6 Å². The van der Waals surface area contributed by atoms with Crippen LogP contribution in [0.25, 0.3) is 27.7 Å². The molecule has 0 aliphatic heterocycles. The SMILES string of the molecule is C=C(C)Nc1ccc(-c2ccc3c(cnn3-c3ccc(F)c(C)c3)c2)c(Cl)c1. The van der Waals surface area contributed by atoms with E-state index < -0.39 is 0 Å². The van der Waals surface area contributed by atoms with Crippen LogP contribution in [0.15, 0.2) is 73.1 Å². The number of fused-ring (bicyclic) bond motifs is 1. The molecule has 3 nitrogen and oxygen atoms in total. The summed E-state index contributed by atoms with van der Waals surface area (Å²) in [5.41, 5.74) is 6.08. The van der Waals surface area contributed by atoms with Crippen molar-refractivity contribution in [2.45, 2.75) is 13.8 Å². The number of benzene rings is 3. The molecular formula is C23H19ClFN3. The molecule has 4 rings (SSSR count). The first-order valence-electron chi connectivity index (χ1n) is 8.89. The number of allylic oxidation sites excluding steroid dienone is 1. The first-order valence-corrected chi connectivity index (χ1v) is 9.27. The van der Waals surface area contributed by atoms with Crippen LogP contribution in [0.2, 0.25) is 5.02 Å². The van der Waals surface area contributed by atoms with Gasteiger partial charge in [-0.2, -0.15) is 5.10 Å². The van der Waals surface area contributed by atoms with Crippen molar-refractivity contribution in [3.8, 4) is 16.8 Å². The Morgan fingerprint density at radius 1 is 1.11 bits per heavy atom. The van der Waals surface area contributed by atoms with Crippen molar-refractivity contribution in [1.82, 2.24) is 9.78 Å². The number of nitrogens with one attached hydrogen (secondary N) is 1. The van der Waals surface area contributed by atoms with Crippen molar-refractivity contribution in [2.75, 3.05) is 5.32 Å². The number of anilines is 1. The molecule has 1 aromatic heterocycles. The molecule has 0 amide bonds. The molecule has 0 unspecified atom stereocenters. The first kappa shape index (κ1) is 18.3. The smallest absolute Gasteiger partial charge is 0.126 e. The third kappa shape index (κ3) is 3.39. The minimum Gasteiger partial charge on any atom is -0.360 e. The lowest BCUT2D eigenvalue weighted by molar-refractivity contribution is 0.617. The Balaban J connectivity index is 1.73. The Kier molecular flexibility index (Phi) is 4.65. The minimum absolute atomic E-state index is 0.221. The summed E-state index contributed by atoms with van der Waals surface area (Å²) in [6.45, 7) is 7.49. The largest absolute Gasteiger partial charge is 0.360 e. The molecule has 0 atom stereocenters. The molecule has 0 bridgehead atoms. The van der Waals surface area contributed by atoms with Crippen LogP contribution < -0.4 is 5.32 Å². The maximum Gasteiger partial charge on any atom is 0.126 e. The van der Waals surface area contributed by atoms with Crippen LogP contribution in [0.5, 0.6) is 0 Å². The van der Waals surface area contributed by atoms with E-state index >= 15 is 0 Å². The third-order valence-corrected chi connectivity index (χ3v) is 4.90. The molecule has 0 spiro atoms. The summed E-state index contributed by atoms with van der Waals surface area (Å²) in [7, 11) is 0. The van der Waals surface area contributed by atoms with Crippen LogP contribution in [0.3, 0.4) is 0 Å². The topological polar surface area (TPSA) is 29.9 Å². The van der Waals surface area contributed by atoms with Gasteiger partial charge in [0.25, 0.3) is 0 Å². The summed E-state index contributed by atoms with van der Waals surface area (Å²) >= 11 is 6.51. The van der Waals surface area contributed by atoms with Crippen molar-refractivity contribution < 1.29 is 4.39 Å². The van der Waals surface area contributed by atoms with Gasteiger partial charge in [-0.3, -0.25) is 0 Å². The lowest BCUT2D eigenvalue weighted by Gasteiger charge is -2.10. The summed E-state index contributed by atoms with van der Waals surface area (Å²) in [6.07, 6.45) is 1.81. The van der Waals surface area contributed by atoms with E-state index in [1.54, 1.807) is 19.1 Å². The highest BCUT2D eigenvalue weighted by Gasteiger charge is 2.10. The molecule has 0 saturated carbocycles. The van der Waals surface area contributed by atoms with Gasteiger partial charge in [0, 0.05) is 22.3 Å². The molecule has 1 heterocycles. The van der Waals surface area contributed by atoms with Crippen molar-refractivity contribution in [3.05, 3.63) is 89.5 Å². The standard InChI is InChI=1S/C23H19ClFN3/c1-14(2)27-18-5-7-20(21(24)12-18)16-4-9-23-17(11-16)13-26-28(23)19-6-8-22(25)15(3)10-19/h4-13,27H,1H2,2-3H3. The second kappa shape index (κ2) is 7.13. The van der Waals surface area contributed by atoms with E-state index in [9.17, 15) is 4.39 Å². The number of nitrogens with zero attached hydrogens (tertiary/aromatic N) is 2. The Labute approximate surface area is 168 Å². The maximum absolute atomic E-state index is 13.6. The second-order valence-corrected chi connectivity index (χ2v) is 7.27. The van der Waals surface area contributed by atoms with E-state index in [1.807, 2.05) is 48.1 Å². The Bertz CT molecular complexity index is 1210. The predicted molar refractivity (Wildman–Crippen MR) is 115 cm³/mol. The molecule has 0 radical (unpaired) electrons. The van der Waals surface area contributed by atoms with Crippen molar-refractivity contribution in [1.29, 1.82) is 0 Å². The van der Waals surface area contributed by atoms with Crippen molar-refractivity contribution in [3.63, 3.8) is 0 Å². The van der Waals surface area contributed by atoms with Gasteiger partial charge < -0.3 is 5.32 Å². The van der Waals surface area contributed by atoms with Crippen LogP contribution in [-0.4, -0.2) is 9.78 Å². The summed E-state index contributed by atoms with van der Waals surface area (Å²) in [5.74, 6) is -0.221. The summed E-state index contributed by atoms with van der Waals surface area (Å²) in [6, 6.07) is 16.9. The third-order valence-electron chi connectivity index (χ3n) is 4.59. The molecule has 0 saturated heterocycles. The van der Waals surface area contributed by atoms with Gasteiger partial charge in [0.05, 0.1) is 22.4 Å². The highest BCUT2D eigenvalue weighted by atomic mass is 35.5. The van der Waals surface area contributed by atoms with Crippen molar-refractivity contribution in [2.24, 2.45) is 0 Å². The Morgan fingerprint density at radius 2 is 1.93 bits per heavy atom. The summed E-state index contributed by atoms with van der Waals surface area (Å²) < 4.78 is 15.4. The number of aromatic nitrogens is 2. The average molecular weight is 392 g/mol. The van der Waals surface area contributed by atoms with Gasteiger partial charge in [-0.1, -0.05) is 30.3 Å². The van der Waals surface area contributed by atoms with Crippen LogP contribution in [-0.2, 0) is 0 Å².